The summed E-state index contributed by atoms with van der Waals surface area (Å²) >= 11 is 0. The molecule has 138 valence electrons. The lowest BCUT2D eigenvalue weighted by Crippen LogP contribution is -2.14. The first-order valence-corrected chi connectivity index (χ1v) is 13.7. The highest BCUT2D eigenvalue weighted by molar-refractivity contribution is 9.09. The number of rotatable bonds is 11. The van der Waals surface area contributed by atoms with Gasteiger partial charge in [0.25, 0.3) is 0 Å². The largest absolute Gasteiger partial charge is 0.0825 e. The van der Waals surface area contributed by atoms with E-state index in [2.05, 4.69) is 56.2 Å². The van der Waals surface area contributed by atoms with E-state index in [1.165, 1.54) is 63.5 Å². The van der Waals surface area contributed by atoms with E-state index < -0.39 is 0 Å². The molecule has 0 aromatic rings. The molecule has 0 aromatic heterocycles. The lowest BCUT2D eigenvalue weighted by atomic mass is 9.90. The summed E-state index contributed by atoms with van der Waals surface area (Å²) in [5.74, 6) is 5.00. The van der Waals surface area contributed by atoms with Gasteiger partial charge in [0.15, 0.2) is 0 Å². The molecule has 1 saturated heterocycles. The van der Waals surface area contributed by atoms with Crippen LogP contribution in [0.4, 0.5) is 0 Å². The third kappa shape index (κ3) is 11.3. The van der Waals surface area contributed by atoms with E-state index >= 15 is 0 Å². The standard InChI is InChI=1S/C20H40S3/c1-16(2)8-6-9-17(3)10-7-11-18(4)12-13-20-19(5)14-15-21-23-22-20/h16-20H,6-15H2,1-5H3. The molecule has 3 heteroatoms. The Balaban J connectivity index is 2.06. The molecule has 23 heavy (non-hydrogen) atoms. The maximum absolute atomic E-state index is 2.48. The number of hydrogen-bond acceptors (Lipinski definition) is 3. The van der Waals surface area contributed by atoms with Crippen molar-refractivity contribution in [1.82, 2.24) is 0 Å². The van der Waals surface area contributed by atoms with Crippen LogP contribution in [-0.4, -0.2) is 11.0 Å². The molecule has 0 radical (unpaired) electrons. The molecule has 0 nitrogen and oxygen atoms in total. The second-order valence-corrected chi connectivity index (χ2v) is 12.8. The predicted molar refractivity (Wildman–Crippen MR) is 115 cm³/mol. The molecular formula is C20H40S3. The molecule has 0 spiro atoms. The van der Waals surface area contributed by atoms with Crippen molar-refractivity contribution in [1.29, 1.82) is 0 Å². The minimum atomic E-state index is 0.878. The SMILES string of the molecule is CC(C)CCCC(C)CCCC(C)CCC1SSSCCC1C. The Bertz CT molecular complexity index is 280. The van der Waals surface area contributed by atoms with Crippen molar-refractivity contribution in [2.45, 2.75) is 97.7 Å². The van der Waals surface area contributed by atoms with Crippen molar-refractivity contribution in [3.8, 4) is 0 Å². The van der Waals surface area contributed by atoms with Crippen molar-refractivity contribution in [2.75, 3.05) is 5.75 Å². The van der Waals surface area contributed by atoms with Crippen LogP contribution < -0.4 is 0 Å². The van der Waals surface area contributed by atoms with Crippen LogP contribution in [0.1, 0.15) is 92.4 Å². The van der Waals surface area contributed by atoms with Gasteiger partial charge in [0.05, 0.1) is 0 Å². The average molecular weight is 377 g/mol. The van der Waals surface area contributed by atoms with E-state index in [0.717, 1.165) is 28.9 Å². The molecule has 4 unspecified atom stereocenters. The molecule has 0 amide bonds. The highest BCUT2D eigenvalue weighted by Crippen LogP contribution is 2.46. The molecular weight excluding hydrogens is 336 g/mol. The van der Waals surface area contributed by atoms with Crippen LogP contribution in [0.2, 0.25) is 0 Å². The maximum Gasteiger partial charge on any atom is 0.0185 e. The summed E-state index contributed by atoms with van der Waals surface area (Å²) in [5, 5.41) is 0.896. The lowest BCUT2D eigenvalue weighted by molar-refractivity contribution is 0.380. The zero-order chi connectivity index (χ0) is 17.1. The summed E-state index contributed by atoms with van der Waals surface area (Å²) in [6.07, 6.45) is 12.9. The Hall–Kier alpha value is 1.05. The first-order chi connectivity index (χ1) is 11.0. The minimum absolute atomic E-state index is 0.878. The van der Waals surface area contributed by atoms with Crippen molar-refractivity contribution in [3.05, 3.63) is 0 Å². The lowest BCUT2D eigenvalue weighted by Gasteiger charge is -2.21. The number of hydrogen-bond donors (Lipinski definition) is 0. The van der Waals surface area contributed by atoms with Crippen LogP contribution in [0.15, 0.2) is 0 Å². The quantitative estimate of drug-likeness (QED) is 0.332. The monoisotopic (exact) mass is 376 g/mol. The summed E-state index contributed by atoms with van der Waals surface area (Å²) in [7, 11) is 6.26. The predicted octanol–water partition coefficient (Wildman–Crippen LogP) is 8.47. The Morgan fingerprint density at radius 1 is 0.870 bits per heavy atom. The van der Waals surface area contributed by atoms with Gasteiger partial charge < -0.3 is 0 Å². The van der Waals surface area contributed by atoms with Crippen LogP contribution in [-0.2, 0) is 0 Å². The normalized spacial score (nSPS) is 25.3. The van der Waals surface area contributed by atoms with Gasteiger partial charge in [-0.15, -0.1) is 0 Å². The van der Waals surface area contributed by atoms with E-state index in [1.54, 1.807) is 0 Å². The van der Waals surface area contributed by atoms with Crippen LogP contribution in [0, 0.1) is 23.7 Å². The molecule has 1 heterocycles. The molecule has 1 aliphatic heterocycles. The molecule has 0 aliphatic carbocycles. The zero-order valence-electron chi connectivity index (χ0n) is 16.2. The van der Waals surface area contributed by atoms with Gasteiger partial charge in [0.2, 0.25) is 0 Å². The van der Waals surface area contributed by atoms with E-state index in [1.807, 2.05) is 9.83 Å². The molecule has 0 bridgehead atoms. The summed E-state index contributed by atoms with van der Waals surface area (Å²) in [5.41, 5.74) is 0. The second kappa shape index (κ2) is 13.3. The highest BCUT2D eigenvalue weighted by Gasteiger charge is 2.22. The average Bonchev–Trinajstić information content (AvgIpc) is 2.69. The molecule has 1 fully saturated rings. The molecule has 0 aromatic carbocycles. The molecule has 1 rings (SSSR count). The maximum atomic E-state index is 2.48. The molecule has 4 atom stereocenters. The van der Waals surface area contributed by atoms with E-state index in [-0.39, 0.29) is 0 Å². The Kier molecular flexibility index (Phi) is 12.8. The smallest absolute Gasteiger partial charge is 0.0185 e. The van der Waals surface area contributed by atoms with E-state index in [4.69, 9.17) is 0 Å². The Morgan fingerprint density at radius 3 is 2.13 bits per heavy atom. The summed E-state index contributed by atoms with van der Waals surface area (Å²) in [4.78, 5) is 0. The fraction of sp³-hybridized carbons (Fsp3) is 1.00. The van der Waals surface area contributed by atoms with Gasteiger partial charge in [0, 0.05) is 11.0 Å². The summed E-state index contributed by atoms with van der Waals surface area (Å²) in [6.45, 7) is 12.1. The van der Waals surface area contributed by atoms with Gasteiger partial charge in [-0.1, -0.05) is 94.7 Å². The molecule has 0 N–H and O–H groups in total. The Labute approximate surface area is 158 Å². The summed E-state index contributed by atoms with van der Waals surface area (Å²) < 4.78 is 0. The molecule has 0 saturated carbocycles. The molecule has 1 aliphatic rings. The van der Waals surface area contributed by atoms with E-state index in [9.17, 15) is 0 Å². The van der Waals surface area contributed by atoms with Gasteiger partial charge in [-0.2, -0.15) is 0 Å². The van der Waals surface area contributed by atoms with Crippen molar-refractivity contribution in [3.63, 3.8) is 0 Å². The third-order valence-electron chi connectivity index (χ3n) is 5.32. The highest BCUT2D eigenvalue weighted by atomic mass is 33.5. The van der Waals surface area contributed by atoms with Crippen molar-refractivity contribution < 1.29 is 0 Å². The van der Waals surface area contributed by atoms with Crippen molar-refractivity contribution in [2.24, 2.45) is 23.7 Å². The van der Waals surface area contributed by atoms with Gasteiger partial charge in [0.1, 0.15) is 0 Å². The van der Waals surface area contributed by atoms with Gasteiger partial charge >= 0.3 is 0 Å². The first kappa shape index (κ1) is 22.1. The zero-order valence-corrected chi connectivity index (χ0v) is 18.6. The second-order valence-electron chi connectivity index (χ2n) is 8.33. The third-order valence-corrected chi connectivity index (χ3v) is 10.2. The van der Waals surface area contributed by atoms with Gasteiger partial charge in [-0.05, 0) is 52.8 Å². The summed E-state index contributed by atoms with van der Waals surface area (Å²) in [6, 6.07) is 0. The van der Waals surface area contributed by atoms with Crippen LogP contribution in [0.3, 0.4) is 0 Å². The van der Waals surface area contributed by atoms with Gasteiger partial charge in [-0.3, -0.25) is 0 Å². The van der Waals surface area contributed by atoms with Crippen LogP contribution in [0.5, 0.6) is 0 Å². The topological polar surface area (TPSA) is 0 Å². The fourth-order valence-corrected chi connectivity index (χ4v) is 8.48. The minimum Gasteiger partial charge on any atom is -0.0825 e. The van der Waals surface area contributed by atoms with Gasteiger partial charge in [-0.25, -0.2) is 0 Å². The fourth-order valence-electron chi connectivity index (χ4n) is 3.39. The van der Waals surface area contributed by atoms with E-state index in [0.29, 0.717) is 0 Å². The van der Waals surface area contributed by atoms with Crippen LogP contribution >= 0.6 is 31.4 Å². The Morgan fingerprint density at radius 2 is 1.48 bits per heavy atom. The van der Waals surface area contributed by atoms with Crippen molar-refractivity contribution >= 4 is 31.4 Å². The van der Waals surface area contributed by atoms with Crippen LogP contribution in [0.25, 0.3) is 0 Å². The first-order valence-electron chi connectivity index (χ1n) is 9.94.